The second-order valence-corrected chi connectivity index (χ2v) is 6.35. The molecule has 1 saturated carbocycles. The van der Waals surface area contributed by atoms with Crippen molar-refractivity contribution in [2.75, 3.05) is 13.2 Å². The number of carbonyl (C=O) groups excluding carboxylic acids is 2. The van der Waals surface area contributed by atoms with Crippen molar-refractivity contribution in [3.8, 4) is 0 Å². The molecule has 1 saturated heterocycles. The Hall–Kier alpha value is -1.68. The number of morpholine rings is 1. The second kappa shape index (κ2) is 6.21. The number of aryl methyl sites for hydroxylation is 1. The number of ketones is 1. The van der Waals surface area contributed by atoms with E-state index in [1.54, 1.807) is 13.0 Å². The molecule has 1 aliphatic heterocycles. The molecular formula is C18H23NO3. The fourth-order valence-electron chi connectivity index (χ4n) is 3.65. The van der Waals surface area contributed by atoms with Crippen LogP contribution in [0.25, 0.3) is 0 Å². The largest absolute Gasteiger partial charge is 0.374 e. The highest BCUT2D eigenvalue weighted by atomic mass is 16.5. The Morgan fingerprint density at radius 3 is 2.77 bits per heavy atom. The highest BCUT2D eigenvalue weighted by Crippen LogP contribution is 2.29. The maximum atomic E-state index is 12.9. The molecule has 0 N–H and O–H groups in total. The quantitative estimate of drug-likeness (QED) is 0.789. The smallest absolute Gasteiger partial charge is 0.254 e. The van der Waals surface area contributed by atoms with E-state index in [4.69, 9.17) is 4.74 Å². The Morgan fingerprint density at radius 2 is 2.00 bits per heavy atom. The van der Waals surface area contributed by atoms with Gasteiger partial charge in [0.1, 0.15) is 0 Å². The van der Waals surface area contributed by atoms with Crippen molar-refractivity contribution in [2.24, 2.45) is 0 Å². The number of Topliss-reactive ketones (excluding diaryl/α,β-unsaturated/α-hetero) is 1. The van der Waals surface area contributed by atoms with Crippen molar-refractivity contribution < 1.29 is 14.3 Å². The molecule has 22 heavy (non-hydrogen) atoms. The molecule has 2 fully saturated rings. The lowest BCUT2D eigenvalue weighted by molar-refractivity contribution is -0.0752. The van der Waals surface area contributed by atoms with Gasteiger partial charge in [-0.2, -0.15) is 0 Å². The number of benzene rings is 1. The van der Waals surface area contributed by atoms with E-state index < -0.39 is 0 Å². The van der Waals surface area contributed by atoms with E-state index in [2.05, 4.69) is 0 Å². The number of amides is 1. The van der Waals surface area contributed by atoms with E-state index >= 15 is 0 Å². The maximum absolute atomic E-state index is 12.9. The van der Waals surface area contributed by atoms with Crippen molar-refractivity contribution in [2.45, 2.75) is 51.7 Å². The zero-order valence-corrected chi connectivity index (χ0v) is 13.3. The third-order valence-electron chi connectivity index (χ3n) is 4.86. The van der Waals surface area contributed by atoms with E-state index in [0.717, 1.165) is 24.8 Å². The molecule has 1 heterocycles. The van der Waals surface area contributed by atoms with Crippen LogP contribution in [0, 0.1) is 6.92 Å². The summed E-state index contributed by atoms with van der Waals surface area (Å²) >= 11 is 0. The van der Waals surface area contributed by atoms with Crippen LogP contribution in [0.5, 0.6) is 0 Å². The number of rotatable bonds is 2. The molecule has 0 unspecified atom stereocenters. The number of ether oxygens (including phenoxy) is 1. The van der Waals surface area contributed by atoms with Gasteiger partial charge in [0, 0.05) is 17.7 Å². The standard InChI is InChI=1S/C18H23NO3/c1-12-7-8-14(11-15(12)13(2)20)18(21)19-9-10-22-17-6-4-3-5-16(17)19/h7-8,11,16-17H,3-6,9-10H2,1-2H3/t16-,17-/m0/s1. The summed E-state index contributed by atoms with van der Waals surface area (Å²) in [5.41, 5.74) is 2.17. The van der Waals surface area contributed by atoms with E-state index in [-0.39, 0.29) is 23.8 Å². The number of hydrogen-bond donors (Lipinski definition) is 0. The number of nitrogens with zero attached hydrogens (tertiary/aromatic N) is 1. The summed E-state index contributed by atoms with van der Waals surface area (Å²) in [6.45, 7) is 4.70. The highest BCUT2D eigenvalue weighted by Gasteiger charge is 2.37. The molecule has 0 bridgehead atoms. The predicted molar refractivity (Wildman–Crippen MR) is 84.2 cm³/mol. The molecule has 1 aliphatic carbocycles. The minimum absolute atomic E-state index is 0.00432. The first kappa shape index (κ1) is 15.2. The van der Waals surface area contributed by atoms with Crippen LogP contribution in [0.4, 0.5) is 0 Å². The Labute approximate surface area is 131 Å². The number of carbonyl (C=O) groups is 2. The van der Waals surface area contributed by atoms with Gasteiger partial charge in [-0.05, 0) is 44.4 Å². The van der Waals surface area contributed by atoms with Gasteiger partial charge in [-0.15, -0.1) is 0 Å². The molecule has 1 amide bonds. The maximum Gasteiger partial charge on any atom is 0.254 e. The molecule has 118 valence electrons. The summed E-state index contributed by atoms with van der Waals surface area (Å²) < 4.78 is 5.83. The average molecular weight is 301 g/mol. The van der Waals surface area contributed by atoms with Gasteiger partial charge in [-0.25, -0.2) is 0 Å². The topological polar surface area (TPSA) is 46.6 Å². The zero-order valence-electron chi connectivity index (χ0n) is 13.3. The van der Waals surface area contributed by atoms with Gasteiger partial charge in [-0.1, -0.05) is 18.9 Å². The first-order chi connectivity index (χ1) is 10.6. The lowest BCUT2D eigenvalue weighted by Crippen LogP contribution is -2.54. The van der Waals surface area contributed by atoms with E-state index in [0.29, 0.717) is 24.3 Å². The number of fused-ring (bicyclic) bond motifs is 1. The Kier molecular flexibility index (Phi) is 4.30. The molecule has 1 aromatic carbocycles. The highest BCUT2D eigenvalue weighted by molar-refractivity contribution is 6.00. The van der Waals surface area contributed by atoms with E-state index in [1.165, 1.54) is 6.42 Å². The Bertz CT molecular complexity index is 594. The van der Waals surface area contributed by atoms with Crippen LogP contribution < -0.4 is 0 Å². The van der Waals surface area contributed by atoms with Crippen molar-refractivity contribution in [1.82, 2.24) is 4.90 Å². The van der Waals surface area contributed by atoms with Crippen LogP contribution in [0.15, 0.2) is 18.2 Å². The molecular weight excluding hydrogens is 278 g/mol. The summed E-state index contributed by atoms with van der Waals surface area (Å²) in [7, 11) is 0. The molecule has 4 nitrogen and oxygen atoms in total. The van der Waals surface area contributed by atoms with E-state index in [1.807, 2.05) is 24.0 Å². The minimum atomic E-state index is 0.00432. The van der Waals surface area contributed by atoms with Crippen LogP contribution in [-0.2, 0) is 4.74 Å². The molecule has 2 atom stereocenters. The fourth-order valence-corrected chi connectivity index (χ4v) is 3.65. The molecule has 2 aliphatic rings. The summed E-state index contributed by atoms with van der Waals surface area (Å²) in [4.78, 5) is 26.6. The summed E-state index contributed by atoms with van der Waals surface area (Å²) in [6.07, 6.45) is 4.58. The lowest BCUT2D eigenvalue weighted by Gasteiger charge is -2.43. The molecule has 3 rings (SSSR count). The van der Waals surface area contributed by atoms with Gasteiger partial charge in [0.25, 0.3) is 5.91 Å². The summed E-state index contributed by atoms with van der Waals surface area (Å²) in [5.74, 6) is 0.0346. The lowest BCUT2D eigenvalue weighted by atomic mass is 9.89. The van der Waals surface area contributed by atoms with Crippen LogP contribution in [0.1, 0.15) is 58.9 Å². The monoisotopic (exact) mass is 301 g/mol. The fraction of sp³-hybridized carbons (Fsp3) is 0.556. The van der Waals surface area contributed by atoms with Gasteiger partial charge in [-0.3, -0.25) is 9.59 Å². The molecule has 1 aromatic rings. The molecule has 0 aromatic heterocycles. The Morgan fingerprint density at radius 1 is 1.23 bits per heavy atom. The van der Waals surface area contributed by atoms with Crippen LogP contribution >= 0.6 is 0 Å². The van der Waals surface area contributed by atoms with Gasteiger partial charge in [0.2, 0.25) is 0 Å². The van der Waals surface area contributed by atoms with Crippen molar-refractivity contribution in [3.05, 3.63) is 34.9 Å². The van der Waals surface area contributed by atoms with Gasteiger partial charge >= 0.3 is 0 Å². The first-order valence-corrected chi connectivity index (χ1v) is 8.12. The van der Waals surface area contributed by atoms with Gasteiger partial charge in [0.05, 0.1) is 18.8 Å². The third kappa shape index (κ3) is 2.80. The zero-order chi connectivity index (χ0) is 15.7. The SMILES string of the molecule is CC(=O)c1cc(C(=O)N2CCO[C@H]3CCCC[C@@H]32)ccc1C. The van der Waals surface area contributed by atoms with Crippen LogP contribution in [0.3, 0.4) is 0 Å². The van der Waals surface area contributed by atoms with Gasteiger partial charge in [0.15, 0.2) is 5.78 Å². The van der Waals surface area contributed by atoms with Crippen molar-refractivity contribution in [1.29, 1.82) is 0 Å². The van der Waals surface area contributed by atoms with E-state index in [9.17, 15) is 9.59 Å². The average Bonchev–Trinajstić information content (AvgIpc) is 2.54. The minimum Gasteiger partial charge on any atom is -0.374 e. The van der Waals surface area contributed by atoms with Crippen molar-refractivity contribution in [3.63, 3.8) is 0 Å². The molecule has 0 spiro atoms. The first-order valence-electron chi connectivity index (χ1n) is 8.12. The normalized spacial score (nSPS) is 24.7. The molecule has 4 heteroatoms. The van der Waals surface area contributed by atoms with Crippen LogP contribution in [-0.4, -0.2) is 41.9 Å². The third-order valence-corrected chi connectivity index (χ3v) is 4.86. The summed E-state index contributed by atoms with van der Waals surface area (Å²) in [6, 6.07) is 5.63. The summed E-state index contributed by atoms with van der Waals surface area (Å²) in [5, 5.41) is 0. The van der Waals surface area contributed by atoms with Crippen molar-refractivity contribution >= 4 is 11.7 Å². The number of hydrogen-bond acceptors (Lipinski definition) is 3. The Balaban J connectivity index is 1.86. The molecule has 0 radical (unpaired) electrons. The van der Waals surface area contributed by atoms with Crippen LogP contribution in [0.2, 0.25) is 0 Å². The van der Waals surface area contributed by atoms with Gasteiger partial charge < -0.3 is 9.64 Å². The predicted octanol–water partition coefficient (Wildman–Crippen LogP) is 2.98. The second-order valence-electron chi connectivity index (χ2n) is 6.35.